The van der Waals surface area contributed by atoms with E-state index >= 15 is 0 Å². The average molecular weight is 158 g/mol. The van der Waals surface area contributed by atoms with Crippen LogP contribution >= 0.6 is 24.0 Å². The molecule has 0 aromatic carbocycles. The lowest BCUT2D eigenvalue weighted by atomic mass is 10.4. The van der Waals surface area contributed by atoms with Crippen LogP contribution in [0.3, 0.4) is 0 Å². The largest absolute Gasteiger partial charge is 0.291 e. The molecule has 0 fully saturated rings. The molecule has 0 saturated carbocycles. The van der Waals surface area contributed by atoms with Gasteiger partial charge < -0.3 is 0 Å². The van der Waals surface area contributed by atoms with Crippen LogP contribution in [-0.2, 0) is 0 Å². The standard InChI is InChI=1S/C5H12ClN.ClH/c1-5(2)7(3)4-6;/h5H,4H2,1-3H3;1H. The fourth-order valence-corrected chi connectivity index (χ4v) is 0.414. The quantitative estimate of drug-likeness (QED) is 0.438. The molecule has 0 bridgehead atoms. The Kier molecular flexibility index (Phi) is 8.05. The van der Waals surface area contributed by atoms with Crippen LogP contribution < -0.4 is 0 Å². The summed E-state index contributed by atoms with van der Waals surface area (Å²) in [5.41, 5.74) is 0. The lowest BCUT2D eigenvalue weighted by molar-refractivity contribution is 0.318. The Morgan fingerprint density at radius 1 is 1.50 bits per heavy atom. The monoisotopic (exact) mass is 157 g/mol. The zero-order valence-corrected chi connectivity index (χ0v) is 7.09. The van der Waals surface area contributed by atoms with Crippen molar-refractivity contribution in [3.63, 3.8) is 0 Å². The number of hydrogen-bond donors (Lipinski definition) is 0. The second-order valence-electron chi connectivity index (χ2n) is 1.97. The summed E-state index contributed by atoms with van der Waals surface area (Å²) < 4.78 is 0. The molecule has 0 unspecified atom stereocenters. The second-order valence-corrected chi connectivity index (χ2v) is 2.21. The van der Waals surface area contributed by atoms with Crippen LogP contribution in [0.25, 0.3) is 0 Å². The van der Waals surface area contributed by atoms with Crippen molar-refractivity contribution in [2.45, 2.75) is 19.9 Å². The van der Waals surface area contributed by atoms with Crippen molar-refractivity contribution < 1.29 is 0 Å². The van der Waals surface area contributed by atoms with E-state index < -0.39 is 0 Å². The summed E-state index contributed by atoms with van der Waals surface area (Å²) >= 11 is 5.47. The van der Waals surface area contributed by atoms with Gasteiger partial charge in [-0.2, -0.15) is 0 Å². The van der Waals surface area contributed by atoms with E-state index in [4.69, 9.17) is 11.6 Å². The Balaban J connectivity index is 0. The van der Waals surface area contributed by atoms with Crippen molar-refractivity contribution in [2.75, 3.05) is 13.1 Å². The highest BCUT2D eigenvalue weighted by atomic mass is 35.5. The van der Waals surface area contributed by atoms with Crippen molar-refractivity contribution in [3.8, 4) is 0 Å². The number of nitrogens with zero attached hydrogens (tertiary/aromatic N) is 1. The minimum absolute atomic E-state index is 0. The second kappa shape index (κ2) is 5.67. The van der Waals surface area contributed by atoms with Crippen LogP contribution in [0, 0.1) is 0 Å². The van der Waals surface area contributed by atoms with E-state index in [2.05, 4.69) is 18.7 Å². The molecule has 1 nitrogen and oxygen atoms in total. The molecule has 0 aliphatic heterocycles. The molecular weight excluding hydrogens is 145 g/mol. The van der Waals surface area contributed by atoms with E-state index in [0.29, 0.717) is 12.0 Å². The first-order valence-corrected chi connectivity index (χ1v) is 2.98. The Morgan fingerprint density at radius 2 is 1.88 bits per heavy atom. The van der Waals surface area contributed by atoms with Crippen LogP contribution in [0.5, 0.6) is 0 Å². The predicted molar refractivity (Wildman–Crippen MR) is 40.9 cm³/mol. The molecule has 0 aliphatic rings. The van der Waals surface area contributed by atoms with Crippen LogP contribution in [0.4, 0.5) is 0 Å². The smallest absolute Gasteiger partial charge is 0.0738 e. The third-order valence-corrected chi connectivity index (χ3v) is 1.45. The Hall–Kier alpha value is 0.540. The van der Waals surface area contributed by atoms with Gasteiger partial charge in [-0.15, -0.1) is 24.0 Å². The van der Waals surface area contributed by atoms with Gasteiger partial charge >= 0.3 is 0 Å². The van der Waals surface area contributed by atoms with Gasteiger partial charge in [0.2, 0.25) is 0 Å². The van der Waals surface area contributed by atoms with Gasteiger partial charge in [0.1, 0.15) is 0 Å². The zero-order valence-electron chi connectivity index (χ0n) is 5.52. The van der Waals surface area contributed by atoms with E-state index in [1.807, 2.05) is 7.05 Å². The summed E-state index contributed by atoms with van der Waals surface area (Å²) in [5.74, 6) is 0. The maximum absolute atomic E-state index is 5.47. The summed E-state index contributed by atoms with van der Waals surface area (Å²) in [6.07, 6.45) is 0. The van der Waals surface area contributed by atoms with E-state index in [1.54, 1.807) is 0 Å². The van der Waals surface area contributed by atoms with Crippen molar-refractivity contribution in [1.29, 1.82) is 0 Å². The molecule has 0 atom stereocenters. The van der Waals surface area contributed by atoms with E-state index in [0.717, 1.165) is 0 Å². The molecule has 0 radical (unpaired) electrons. The third kappa shape index (κ3) is 4.69. The van der Waals surface area contributed by atoms with E-state index in [-0.39, 0.29) is 12.4 Å². The fourth-order valence-electron chi connectivity index (χ4n) is 0.138. The molecule has 3 heteroatoms. The number of alkyl halides is 1. The van der Waals surface area contributed by atoms with Gasteiger partial charge in [0.05, 0.1) is 6.00 Å². The van der Waals surface area contributed by atoms with Crippen molar-refractivity contribution in [2.24, 2.45) is 0 Å². The van der Waals surface area contributed by atoms with Gasteiger partial charge in [-0.05, 0) is 20.9 Å². The maximum atomic E-state index is 5.47. The predicted octanol–water partition coefficient (Wildman–Crippen LogP) is 1.94. The summed E-state index contributed by atoms with van der Waals surface area (Å²) in [6.45, 7) is 4.23. The fraction of sp³-hybridized carbons (Fsp3) is 1.00. The first kappa shape index (κ1) is 11.4. The highest BCUT2D eigenvalue weighted by Crippen LogP contribution is 1.92. The third-order valence-electron chi connectivity index (χ3n) is 1.07. The van der Waals surface area contributed by atoms with E-state index in [1.165, 1.54) is 0 Å². The van der Waals surface area contributed by atoms with Gasteiger partial charge in [-0.3, -0.25) is 4.90 Å². The van der Waals surface area contributed by atoms with Crippen LogP contribution in [-0.4, -0.2) is 24.0 Å². The van der Waals surface area contributed by atoms with Crippen molar-refractivity contribution >= 4 is 24.0 Å². The minimum Gasteiger partial charge on any atom is -0.291 e. The molecule has 0 spiro atoms. The summed E-state index contributed by atoms with van der Waals surface area (Å²) in [6, 6.07) is 1.19. The topological polar surface area (TPSA) is 3.24 Å². The van der Waals surface area contributed by atoms with Gasteiger partial charge in [-0.1, -0.05) is 0 Å². The molecule has 0 amide bonds. The Morgan fingerprint density at radius 3 is 1.88 bits per heavy atom. The zero-order chi connectivity index (χ0) is 5.86. The van der Waals surface area contributed by atoms with Gasteiger partial charge in [0, 0.05) is 6.04 Å². The van der Waals surface area contributed by atoms with Crippen molar-refractivity contribution in [1.82, 2.24) is 4.90 Å². The highest BCUT2D eigenvalue weighted by Gasteiger charge is 1.97. The lowest BCUT2D eigenvalue weighted by Crippen LogP contribution is -2.24. The molecule has 0 aliphatic carbocycles. The molecule has 0 N–H and O–H groups in total. The van der Waals surface area contributed by atoms with Crippen LogP contribution in [0.15, 0.2) is 0 Å². The Labute approximate surface area is 62.4 Å². The summed E-state index contributed by atoms with van der Waals surface area (Å²) in [4.78, 5) is 2.06. The number of halogens is 2. The molecule has 0 aromatic rings. The number of hydrogen-bond acceptors (Lipinski definition) is 1. The van der Waals surface area contributed by atoms with Crippen LogP contribution in [0.2, 0.25) is 0 Å². The molecule has 0 saturated heterocycles. The van der Waals surface area contributed by atoms with E-state index in [9.17, 15) is 0 Å². The normalized spacial score (nSPS) is 9.75. The van der Waals surface area contributed by atoms with Gasteiger partial charge in [-0.25, -0.2) is 0 Å². The first-order chi connectivity index (χ1) is 3.18. The summed E-state index contributed by atoms with van der Waals surface area (Å²) in [7, 11) is 2.00. The van der Waals surface area contributed by atoms with Gasteiger partial charge in [0.25, 0.3) is 0 Å². The number of rotatable bonds is 2. The maximum Gasteiger partial charge on any atom is 0.0738 e. The minimum atomic E-state index is 0. The molecule has 0 rings (SSSR count). The first-order valence-electron chi connectivity index (χ1n) is 2.44. The molecule has 8 heavy (non-hydrogen) atoms. The van der Waals surface area contributed by atoms with Gasteiger partial charge in [0.15, 0.2) is 0 Å². The highest BCUT2D eigenvalue weighted by molar-refractivity contribution is 6.17. The molecule has 0 aromatic heterocycles. The molecule has 52 valence electrons. The Bertz CT molecular complexity index is 47.7. The van der Waals surface area contributed by atoms with Crippen molar-refractivity contribution in [3.05, 3.63) is 0 Å². The molecule has 0 heterocycles. The summed E-state index contributed by atoms with van der Waals surface area (Å²) in [5, 5.41) is 0. The lowest BCUT2D eigenvalue weighted by Gasteiger charge is -2.16. The van der Waals surface area contributed by atoms with Crippen LogP contribution in [0.1, 0.15) is 13.8 Å². The average Bonchev–Trinajstić information content (AvgIpc) is 1.65. The molecular formula is C5H13Cl2N. The SMILES string of the molecule is CC(C)N(C)CCl.Cl.